The zero-order valence-electron chi connectivity index (χ0n) is 17.4. The molecule has 2 heterocycles. The molecule has 0 aliphatic rings. The lowest BCUT2D eigenvalue weighted by Gasteiger charge is -2.20. The quantitative estimate of drug-likeness (QED) is 0.415. The van der Waals surface area contributed by atoms with Crippen molar-refractivity contribution in [3.63, 3.8) is 0 Å². The summed E-state index contributed by atoms with van der Waals surface area (Å²) in [7, 11) is 0. The zero-order valence-corrected chi connectivity index (χ0v) is 19.0. The maximum Gasteiger partial charge on any atom is 0.260 e. The molecule has 0 bridgehead atoms. The molecule has 0 atom stereocenters. The second kappa shape index (κ2) is 8.50. The monoisotopic (exact) mass is 449 g/mol. The van der Waals surface area contributed by atoms with Crippen molar-refractivity contribution in [2.75, 3.05) is 11.4 Å². The molecule has 0 saturated heterocycles. The molecular weight excluding hydrogens is 430 g/mol. The molecule has 2 aromatic carbocycles. The van der Waals surface area contributed by atoms with E-state index in [-0.39, 0.29) is 5.91 Å². The van der Waals surface area contributed by atoms with Crippen LogP contribution < -0.4 is 4.90 Å². The van der Waals surface area contributed by atoms with Gasteiger partial charge in [-0.3, -0.25) is 14.4 Å². The van der Waals surface area contributed by atoms with Crippen molar-refractivity contribution >= 4 is 44.2 Å². The molecular formula is C23H20ClN5OS. The largest absolute Gasteiger partial charge is 0.282 e. The molecule has 0 radical (unpaired) electrons. The number of rotatable bonds is 5. The Balaban J connectivity index is 1.72. The van der Waals surface area contributed by atoms with Crippen LogP contribution in [0.25, 0.3) is 10.2 Å². The Bertz CT molecular complexity index is 1320. The van der Waals surface area contributed by atoms with Crippen LogP contribution in [0.5, 0.6) is 0 Å². The van der Waals surface area contributed by atoms with E-state index in [1.807, 2.05) is 43.7 Å². The Labute approximate surface area is 189 Å². The minimum absolute atomic E-state index is 0.172. The summed E-state index contributed by atoms with van der Waals surface area (Å²) in [6, 6.07) is 14.5. The van der Waals surface area contributed by atoms with Gasteiger partial charge in [0.1, 0.15) is 0 Å². The molecule has 156 valence electrons. The molecule has 6 nitrogen and oxygen atoms in total. The molecule has 2 aromatic heterocycles. The van der Waals surface area contributed by atoms with Gasteiger partial charge in [-0.1, -0.05) is 22.9 Å². The number of fused-ring (bicyclic) bond motifs is 1. The zero-order chi connectivity index (χ0) is 22.1. The van der Waals surface area contributed by atoms with Gasteiger partial charge in [0, 0.05) is 22.8 Å². The summed E-state index contributed by atoms with van der Waals surface area (Å²) < 4.78 is 2.87. The predicted molar refractivity (Wildman–Crippen MR) is 124 cm³/mol. The molecule has 0 saturated carbocycles. The summed E-state index contributed by atoms with van der Waals surface area (Å²) in [4.78, 5) is 19.9. The van der Waals surface area contributed by atoms with Crippen LogP contribution in [0.15, 0.2) is 42.5 Å². The summed E-state index contributed by atoms with van der Waals surface area (Å²) >= 11 is 7.73. The number of thiazole rings is 1. The minimum Gasteiger partial charge on any atom is -0.282 e. The number of amides is 1. The van der Waals surface area contributed by atoms with Crippen LogP contribution in [0, 0.1) is 32.1 Å². The van der Waals surface area contributed by atoms with E-state index in [4.69, 9.17) is 21.8 Å². The average Bonchev–Trinajstić information content (AvgIpc) is 3.34. The first-order valence-electron chi connectivity index (χ1n) is 9.76. The first-order chi connectivity index (χ1) is 14.9. The van der Waals surface area contributed by atoms with E-state index in [1.54, 1.807) is 29.2 Å². The molecule has 4 rings (SSSR count). The smallest absolute Gasteiger partial charge is 0.260 e. The van der Waals surface area contributed by atoms with Gasteiger partial charge in [0.2, 0.25) is 0 Å². The number of aryl methyl sites for hydroxylation is 3. The van der Waals surface area contributed by atoms with Crippen molar-refractivity contribution < 1.29 is 4.79 Å². The van der Waals surface area contributed by atoms with E-state index in [0.717, 1.165) is 27.2 Å². The molecule has 0 N–H and O–H groups in total. The number of hydrogen-bond donors (Lipinski definition) is 0. The highest BCUT2D eigenvalue weighted by molar-refractivity contribution is 7.22. The number of nitriles is 1. The Morgan fingerprint density at radius 1 is 1.19 bits per heavy atom. The number of carbonyl (C=O) groups excluding carboxylic acids is 1. The Hall–Kier alpha value is -3.21. The van der Waals surface area contributed by atoms with Crippen LogP contribution >= 0.6 is 22.9 Å². The second-order valence-electron chi connectivity index (χ2n) is 7.31. The Kier molecular flexibility index (Phi) is 5.77. The molecule has 0 unspecified atom stereocenters. The minimum atomic E-state index is -0.172. The third kappa shape index (κ3) is 4.18. The third-order valence-corrected chi connectivity index (χ3v) is 6.57. The predicted octanol–water partition coefficient (Wildman–Crippen LogP) is 5.29. The molecule has 31 heavy (non-hydrogen) atoms. The van der Waals surface area contributed by atoms with Gasteiger partial charge in [-0.2, -0.15) is 10.4 Å². The lowest BCUT2D eigenvalue weighted by atomic mass is 10.1. The number of anilines is 1. The maximum atomic E-state index is 13.4. The average molecular weight is 450 g/mol. The number of aromatic nitrogens is 3. The molecule has 0 spiro atoms. The SMILES string of the molecule is Cc1cc(C)n(CCN(C(=O)c2ccc(C#N)cc2)c2nc3c(C)c(Cl)ccc3s2)n1. The van der Waals surface area contributed by atoms with Crippen molar-refractivity contribution in [1.82, 2.24) is 14.8 Å². The number of benzene rings is 2. The second-order valence-corrected chi connectivity index (χ2v) is 8.73. The lowest BCUT2D eigenvalue weighted by molar-refractivity contribution is 0.0985. The van der Waals surface area contributed by atoms with Gasteiger partial charge in [0.05, 0.1) is 34.1 Å². The van der Waals surface area contributed by atoms with Gasteiger partial charge in [-0.15, -0.1) is 0 Å². The summed E-state index contributed by atoms with van der Waals surface area (Å²) in [6.07, 6.45) is 0. The summed E-state index contributed by atoms with van der Waals surface area (Å²) in [5.41, 5.74) is 4.68. The van der Waals surface area contributed by atoms with Crippen molar-refractivity contribution in [1.29, 1.82) is 5.26 Å². The standard InChI is InChI=1S/C23H20ClN5OS/c1-14-12-15(2)29(27-14)11-10-28(22(30)18-6-4-17(13-25)5-7-18)23-26-21-16(3)19(24)8-9-20(21)31-23/h4-9,12H,10-11H2,1-3H3. The molecule has 0 fully saturated rings. The van der Waals surface area contributed by atoms with E-state index in [1.165, 1.54) is 11.3 Å². The normalized spacial score (nSPS) is 10.9. The lowest BCUT2D eigenvalue weighted by Crippen LogP contribution is -2.34. The van der Waals surface area contributed by atoms with Crippen LogP contribution in [0.3, 0.4) is 0 Å². The van der Waals surface area contributed by atoms with Crippen molar-refractivity contribution in [2.45, 2.75) is 27.3 Å². The number of carbonyl (C=O) groups is 1. The van der Waals surface area contributed by atoms with Crippen molar-refractivity contribution in [3.05, 3.63) is 75.6 Å². The van der Waals surface area contributed by atoms with E-state index >= 15 is 0 Å². The maximum absolute atomic E-state index is 13.4. The van der Waals surface area contributed by atoms with Crippen LogP contribution in [0.1, 0.15) is 32.9 Å². The molecule has 4 aromatic rings. The first kappa shape index (κ1) is 21.0. The van der Waals surface area contributed by atoms with Gasteiger partial charge in [-0.05, 0) is 68.8 Å². The summed E-state index contributed by atoms with van der Waals surface area (Å²) in [5, 5.41) is 14.8. The highest BCUT2D eigenvalue weighted by Gasteiger charge is 2.22. The van der Waals surface area contributed by atoms with Crippen LogP contribution in [0.4, 0.5) is 5.13 Å². The highest BCUT2D eigenvalue weighted by atomic mass is 35.5. The first-order valence-corrected chi connectivity index (χ1v) is 11.0. The molecule has 0 aliphatic carbocycles. The van der Waals surface area contributed by atoms with Crippen LogP contribution in [-0.4, -0.2) is 27.2 Å². The fourth-order valence-corrected chi connectivity index (χ4v) is 4.63. The number of halogens is 1. The van der Waals surface area contributed by atoms with Crippen LogP contribution in [0.2, 0.25) is 5.02 Å². The van der Waals surface area contributed by atoms with Gasteiger partial charge in [0.25, 0.3) is 5.91 Å². The molecule has 0 aliphatic heterocycles. The molecule has 1 amide bonds. The number of hydrogen-bond acceptors (Lipinski definition) is 5. The fourth-order valence-electron chi connectivity index (χ4n) is 3.43. The van der Waals surface area contributed by atoms with Gasteiger partial charge in [0.15, 0.2) is 5.13 Å². The van der Waals surface area contributed by atoms with E-state index in [0.29, 0.717) is 34.4 Å². The highest BCUT2D eigenvalue weighted by Crippen LogP contribution is 2.34. The van der Waals surface area contributed by atoms with Crippen molar-refractivity contribution in [2.24, 2.45) is 0 Å². The van der Waals surface area contributed by atoms with E-state index in [2.05, 4.69) is 11.2 Å². The Morgan fingerprint density at radius 2 is 1.94 bits per heavy atom. The van der Waals surface area contributed by atoms with Gasteiger partial charge >= 0.3 is 0 Å². The third-order valence-electron chi connectivity index (χ3n) is 5.11. The molecule has 8 heteroatoms. The van der Waals surface area contributed by atoms with Gasteiger partial charge in [-0.25, -0.2) is 4.98 Å². The van der Waals surface area contributed by atoms with Gasteiger partial charge < -0.3 is 0 Å². The van der Waals surface area contributed by atoms with E-state index in [9.17, 15) is 4.79 Å². The summed E-state index contributed by atoms with van der Waals surface area (Å²) in [6.45, 7) is 6.82. The Morgan fingerprint density at radius 3 is 2.58 bits per heavy atom. The van der Waals surface area contributed by atoms with Crippen molar-refractivity contribution in [3.8, 4) is 6.07 Å². The fraction of sp³-hybridized carbons (Fsp3) is 0.217. The topological polar surface area (TPSA) is 74.8 Å². The van der Waals surface area contributed by atoms with E-state index < -0.39 is 0 Å². The number of nitrogens with zero attached hydrogens (tertiary/aromatic N) is 5. The van der Waals surface area contributed by atoms with Crippen LogP contribution in [-0.2, 0) is 6.54 Å². The summed E-state index contributed by atoms with van der Waals surface area (Å²) in [5.74, 6) is -0.172.